The quantitative estimate of drug-likeness (QED) is 0.861. The fourth-order valence-corrected chi connectivity index (χ4v) is 3.10. The first kappa shape index (κ1) is 13.6. The van der Waals surface area contributed by atoms with Crippen molar-refractivity contribution in [3.63, 3.8) is 0 Å². The van der Waals surface area contributed by atoms with E-state index in [9.17, 15) is 0 Å². The number of hydrogen-bond donors (Lipinski definition) is 2. The maximum Gasteiger partial charge on any atom is 0.109 e. The van der Waals surface area contributed by atoms with Gasteiger partial charge in [0.25, 0.3) is 0 Å². The van der Waals surface area contributed by atoms with Crippen LogP contribution in [-0.4, -0.2) is 17.0 Å². The molecule has 102 valence electrons. The molecule has 0 saturated heterocycles. The molecule has 3 nitrogen and oxygen atoms in total. The van der Waals surface area contributed by atoms with Gasteiger partial charge in [0.15, 0.2) is 0 Å². The Kier molecular flexibility index (Phi) is 4.10. The van der Waals surface area contributed by atoms with Gasteiger partial charge in [-0.2, -0.15) is 0 Å². The van der Waals surface area contributed by atoms with E-state index in [0.29, 0.717) is 11.3 Å². The lowest BCUT2D eigenvalue weighted by molar-refractivity contribution is 0.167. The second-order valence-corrected chi connectivity index (χ2v) is 6.74. The maximum absolute atomic E-state index is 4.55. The first-order valence-corrected chi connectivity index (χ1v) is 7.19. The van der Waals surface area contributed by atoms with Crippen molar-refractivity contribution in [2.45, 2.75) is 58.9 Å². The summed E-state index contributed by atoms with van der Waals surface area (Å²) in [5, 5.41) is 3.16. The minimum absolute atomic E-state index is 0.464. The Hall–Kier alpha value is -0.830. The van der Waals surface area contributed by atoms with E-state index in [4.69, 9.17) is 0 Å². The van der Waals surface area contributed by atoms with E-state index in [1.54, 1.807) is 0 Å². The Labute approximate surface area is 111 Å². The molecule has 1 saturated carbocycles. The highest BCUT2D eigenvalue weighted by Crippen LogP contribution is 2.42. The van der Waals surface area contributed by atoms with Crippen molar-refractivity contribution in [2.75, 3.05) is 7.05 Å². The second-order valence-electron chi connectivity index (χ2n) is 6.74. The Morgan fingerprint density at radius 3 is 2.50 bits per heavy atom. The third-order valence-electron chi connectivity index (χ3n) is 4.35. The van der Waals surface area contributed by atoms with Crippen LogP contribution in [0.5, 0.6) is 0 Å². The van der Waals surface area contributed by atoms with E-state index in [0.717, 1.165) is 12.5 Å². The van der Waals surface area contributed by atoms with Gasteiger partial charge in [-0.15, -0.1) is 0 Å². The van der Waals surface area contributed by atoms with Crippen molar-refractivity contribution < 1.29 is 0 Å². The molecule has 0 aliphatic heterocycles. The van der Waals surface area contributed by atoms with Gasteiger partial charge < -0.3 is 10.3 Å². The standard InChI is InChI=1S/C15H27N3/c1-15(2,3)12-7-5-11(6-8-12)14-17-10-13(18-14)9-16-4/h10-12,16H,5-9H2,1-4H3,(H,17,18). The molecule has 1 heterocycles. The molecule has 2 N–H and O–H groups in total. The summed E-state index contributed by atoms with van der Waals surface area (Å²) in [5.74, 6) is 2.72. The first-order valence-electron chi connectivity index (χ1n) is 7.19. The molecule has 0 radical (unpaired) electrons. The number of nitrogens with zero attached hydrogens (tertiary/aromatic N) is 1. The van der Waals surface area contributed by atoms with Crippen LogP contribution in [0.2, 0.25) is 0 Å². The summed E-state index contributed by atoms with van der Waals surface area (Å²) >= 11 is 0. The Morgan fingerprint density at radius 1 is 1.28 bits per heavy atom. The normalized spacial score (nSPS) is 25.3. The molecule has 1 fully saturated rings. The van der Waals surface area contributed by atoms with Gasteiger partial charge in [0.2, 0.25) is 0 Å². The number of H-pyrrole nitrogens is 1. The van der Waals surface area contributed by atoms with Crippen molar-refractivity contribution in [2.24, 2.45) is 11.3 Å². The summed E-state index contributed by atoms with van der Waals surface area (Å²) in [5.41, 5.74) is 1.66. The number of hydrogen-bond acceptors (Lipinski definition) is 2. The Bertz CT molecular complexity index is 367. The zero-order valence-corrected chi connectivity index (χ0v) is 12.2. The number of nitrogens with one attached hydrogen (secondary N) is 2. The molecule has 2 rings (SSSR count). The van der Waals surface area contributed by atoms with Crippen molar-refractivity contribution in [1.29, 1.82) is 0 Å². The molecule has 0 atom stereocenters. The second kappa shape index (κ2) is 5.43. The number of aromatic amines is 1. The number of aromatic nitrogens is 2. The summed E-state index contributed by atoms with van der Waals surface area (Å²) in [6, 6.07) is 0. The van der Waals surface area contributed by atoms with Gasteiger partial charge in [0.05, 0.1) is 0 Å². The van der Waals surface area contributed by atoms with Gasteiger partial charge in [-0.3, -0.25) is 0 Å². The largest absolute Gasteiger partial charge is 0.345 e. The highest BCUT2D eigenvalue weighted by atomic mass is 15.0. The zero-order chi connectivity index (χ0) is 13.2. The van der Waals surface area contributed by atoms with Gasteiger partial charge in [0.1, 0.15) is 5.82 Å². The predicted molar refractivity (Wildman–Crippen MR) is 75.5 cm³/mol. The first-order chi connectivity index (χ1) is 8.50. The van der Waals surface area contributed by atoms with Gasteiger partial charge >= 0.3 is 0 Å². The molecule has 1 aromatic heterocycles. The Morgan fingerprint density at radius 2 is 1.94 bits per heavy atom. The van der Waals surface area contributed by atoms with Crippen LogP contribution in [0.3, 0.4) is 0 Å². The summed E-state index contributed by atoms with van der Waals surface area (Å²) in [6.07, 6.45) is 7.23. The molecule has 18 heavy (non-hydrogen) atoms. The van der Waals surface area contributed by atoms with Crippen LogP contribution in [0.1, 0.15) is 63.9 Å². The third kappa shape index (κ3) is 3.14. The minimum Gasteiger partial charge on any atom is -0.345 e. The highest BCUT2D eigenvalue weighted by Gasteiger charge is 2.31. The van der Waals surface area contributed by atoms with Crippen LogP contribution in [0.15, 0.2) is 6.20 Å². The average molecular weight is 249 g/mol. The Balaban J connectivity index is 1.92. The fraction of sp³-hybridized carbons (Fsp3) is 0.800. The lowest BCUT2D eigenvalue weighted by atomic mass is 9.70. The molecular weight excluding hydrogens is 222 g/mol. The average Bonchev–Trinajstić information content (AvgIpc) is 2.77. The summed E-state index contributed by atoms with van der Waals surface area (Å²) < 4.78 is 0. The monoisotopic (exact) mass is 249 g/mol. The van der Waals surface area contributed by atoms with E-state index in [1.807, 2.05) is 13.2 Å². The molecule has 0 spiro atoms. The lowest BCUT2D eigenvalue weighted by Crippen LogP contribution is -2.25. The molecule has 1 aromatic rings. The van der Waals surface area contributed by atoms with E-state index in [2.05, 4.69) is 36.1 Å². The van der Waals surface area contributed by atoms with E-state index in [-0.39, 0.29) is 0 Å². The van der Waals surface area contributed by atoms with Crippen molar-refractivity contribution in [3.8, 4) is 0 Å². The van der Waals surface area contributed by atoms with Gasteiger partial charge in [-0.05, 0) is 44.1 Å². The van der Waals surface area contributed by atoms with E-state index < -0.39 is 0 Å². The van der Waals surface area contributed by atoms with Gasteiger partial charge in [-0.1, -0.05) is 20.8 Å². The summed E-state index contributed by atoms with van der Waals surface area (Å²) in [6.45, 7) is 7.99. The van der Waals surface area contributed by atoms with Crippen molar-refractivity contribution in [1.82, 2.24) is 15.3 Å². The topological polar surface area (TPSA) is 40.7 Å². The molecular formula is C15H27N3. The molecule has 1 aliphatic carbocycles. The van der Waals surface area contributed by atoms with Crippen LogP contribution in [0, 0.1) is 11.3 Å². The van der Waals surface area contributed by atoms with Gasteiger partial charge in [0, 0.05) is 24.4 Å². The van der Waals surface area contributed by atoms with Crippen LogP contribution < -0.4 is 5.32 Å². The number of imidazole rings is 1. The number of rotatable bonds is 3. The predicted octanol–water partition coefficient (Wildman–Crippen LogP) is 3.45. The van der Waals surface area contributed by atoms with Crippen molar-refractivity contribution in [3.05, 3.63) is 17.7 Å². The molecule has 0 amide bonds. The SMILES string of the molecule is CNCc1cnc(C2CCC(C(C)(C)C)CC2)[nH]1. The fourth-order valence-electron chi connectivity index (χ4n) is 3.10. The minimum atomic E-state index is 0.464. The van der Waals surface area contributed by atoms with E-state index in [1.165, 1.54) is 37.2 Å². The summed E-state index contributed by atoms with van der Waals surface area (Å²) in [7, 11) is 1.97. The zero-order valence-electron chi connectivity index (χ0n) is 12.2. The molecule has 1 aliphatic rings. The summed E-state index contributed by atoms with van der Waals surface area (Å²) in [4.78, 5) is 8.01. The van der Waals surface area contributed by atoms with E-state index >= 15 is 0 Å². The van der Waals surface area contributed by atoms with Crippen LogP contribution in [0.4, 0.5) is 0 Å². The van der Waals surface area contributed by atoms with Crippen LogP contribution in [-0.2, 0) is 6.54 Å². The lowest BCUT2D eigenvalue weighted by Gasteiger charge is -2.36. The molecule has 0 aromatic carbocycles. The third-order valence-corrected chi connectivity index (χ3v) is 4.35. The molecule has 3 heteroatoms. The van der Waals surface area contributed by atoms with Crippen LogP contribution in [0.25, 0.3) is 0 Å². The van der Waals surface area contributed by atoms with Crippen LogP contribution >= 0.6 is 0 Å². The smallest absolute Gasteiger partial charge is 0.109 e. The highest BCUT2D eigenvalue weighted by molar-refractivity contribution is 5.06. The molecule has 0 bridgehead atoms. The van der Waals surface area contributed by atoms with Crippen molar-refractivity contribution >= 4 is 0 Å². The van der Waals surface area contributed by atoms with Gasteiger partial charge in [-0.25, -0.2) is 4.98 Å². The maximum atomic E-state index is 4.55. The molecule has 0 unspecified atom stereocenters.